The van der Waals surface area contributed by atoms with Crippen molar-refractivity contribution in [3.63, 3.8) is 0 Å². The second kappa shape index (κ2) is 3.23. The minimum atomic E-state index is -0.840. The number of nitrogens with one attached hydrogen (secondary N) is 1. The van der Waals surface area contributed by atoms with Crippen molar-refractivity contribution in [3.05, 3.63) is 11.5 Å². The van der Waals surface area contributed by atoms with Crippen molar-refractivity contribution >= 4 is 29.5 Å². The minimum Gasteiger partial charge on any atom is -0.379 e. The van der Waals surface area contributed by atoms with Gasteiger partial charge in [0.15, 0.2) is 11.5 Å². The lowest BCUT2D eigenvalue weighted by Crippen LogP contribution is -2.23. The number of hydrogen-bond donors (Lipinski definition) is 3. The van der Waals surface area contributed by atoms with E-state index in [4.69, 9.17) is 34.5 Å². The van der Waals surface area contributed by atoms with Gasteiger partial charge in [0.1, 0.15) is 0 Å². The fourth-order valence-corrected chi connectivity index (χ4v) is 0.693. The Balaban J connectivity index is 2.82. The summed E-state index contributed by atoms with van der Waals surface area (Å²) in [7, 11) is 0. The first-order chi connectivity index (χ1) is 5.54. The van der Waals surface area contributed by atoms with Crippen molar-refractivity contribution in [2.24, 2.45) is 5.73 Å². The second-order valence-electron chi connectivity index (χ2n) is 1.76. The molecule has 1 aliphatic rings. The van der Waals surface area contributed by atoms with Gasteiger partial charge in [-0.3, -0.25) is 10.0 Å². The average Bonchev–Trinajstić information content (AvgIpc) is 2.32. The summed E-state index contributed by atoms with van der Waals surface area (Å²) < 4.78 is 0.248. The Bertz CT molecular complexity index is 242. The third-order valence-electron chi connectivity index (χ3n) is 1.06. The Morgan fingerprint density at radius 2 is 2.33 bits per heavy atom. The lowest BCUT2D eigenvalue weighted by atomic mass is 10.4. The summed E-state index contributed by atoms with van der Waals surface area (Å²) >= 11 is 10.2. The standard InChI is InChI=1S/C3H4Cl2N4O3/c4-8(5)3(10)1-2(6)9(11)12-7-1/h7,11H,6H2. The monoisotopic (exact) mass is 214 g/mol. The molecule has 0 spiro atoms. The predicted molar refractivity (Wildman–Crippen MR) is 37.6 cm³/mol. The molecule has 0 fully saturated rings. The summed E-state index contributed by atoms with van der Waals surface area (Å²) in [5, 5.41) is 8.88. The van der Waals surface area contributed by atoms with Gasteiger partial charge in [-0.25, -0.2) is 5.48 Å². The molecule has 0 aliphatic carbocycles. The van der Waals surface area contributed by atoms with Crippen LogP contribution in [0.25, 0.3) is 0 Å². The number of amides is 1. The zero-order valence-corrected chi connectivity index (χ0v) is 7.00. The van der Waals surface area contributed by atoms with Gasteiger partial charge in [-0.1, -0.05) is 5.23 Å². The zero-order chi connectivity index (χ0) is 9.30. The molecule has 1 amide bonds. The molecular weight excluding hydrogens is 211 g/mol. The highest BCUT2D eigenvalue weighted by Gasteiger charge is 2.28. The molecular formula is C3H4Cl2N4O3. The van der Waals surface area contributed by atoms with Gasteiger partial charge in [-0.05, 0) is 0 Å². The highest BCUT2D eigenvalue weighted by molar-refractivity contribution is 6.43. The molecule has 0 aromatic rings. The van der Waals surface area contributed by atoms with Crippen LogP contribution in [0.4, 0.5) is 0 Å². The van der Waals surface area contributed by atoms with Crippen LogP contribution in [-0.4, -0.2) is 20.3 Å². The molecule has 0 atom stereocenters. The molecule has 0 radical (unpaired) electrons. The molecule has 1 aliphatic heterocycles. The maximum absolute atomic E-state index is 10.9. The van der Waals surface area contributed by atoms with Gasteiger partial charge in [0, 0.05) is 23.6 Å². The third-order valence-corrected chi connectivity index (χ3v) is 1.37. The zero-order valence-electron chi connectivity index (χ0n) is 5.49. The van der Waals surface area contributed by atoms with Crippen molar-refractivity contribution in [2.45, 2.75) is 0 Å². The van der Waals surface area contributed by atoms with Crippen molar-refractivity contribution in [3.8, 4) is 0 Å². The first-order valence-corrected chi connectivity index (χ1v) is 3.29. The van der Waals surface area contributed by atoms with Gasteiger partial charge in [0.2, 0.25) is 0 Å². The number of carbonyl (C=O) groups is 1. The molecule has 0 bridgehead atoms. The Hall–Kier alpha value is -0.890. The second-order valence-corrected chi connectivity index (χ2v) is 2.61. The molecule has 0 unspecified atom stereocenters. The van der Waals surface area contributed by atoms with Crippen LogP contribution in [0.15, 0.2) is 11.5 Å². The quantitative estimate of drug-likeness (QED) is 0.505. The summed E-state index contributed by atoms with van der Waals surface area (Å²) in [6.07, 6.45) is 0. The number of nitrogens with two attached hydrogens (primary N) is 1. The Kier molecular flexibility index (Phi) is 2.48. The molecule has 68 valence electrons. The topological polar surface area (TPSA) is 91.1 Å². The lowest BCUT2D eigenvalue weighted by molar-refractivity contribution is -0.324. The van der Waals surface area contributed by atoms with Gasteiger partial charge in [-0.2, -0.15) is 3.94 Å². The summed E-state index contributed by atoms with van der Waals surface area (Å²) in [5.74, 6) is -1.17. The Morgan fingerprint density at radius 3 is 2.67 bits per heavy atom. The molecule has 1 rings (SSSR count). The molecule has 4 N–H and O–H groups in total. The number of carbonyl (C=O) groups excluding carboxylic acids is 1. The molecule has 0 saturated heterocycles. The summed E-state index contributed by atoms with van der Waals surface area (Å²) in [6, 6.07) is 0. The smallest absolute Gasteiger partial charge is 0.305 e. The van der Waals surface area contributed by atoms with Crippen molar-refractivity contribution in [1.29, 1.82) is 0 Å². The third kappa shape index (κ3) is 1.48. The van der Waals surface area contributed by atoms with Crippen molar-refractivity contribution < 1.29 is 14.9 Å². The fraction of sp³-hybridized carbons (Fsp3) is 0. The van der Waals surface area contributed by atoms with Crippen LogP contribution in [-0.2, 0) is 9.73 Å². The summed E-state index contributed by atoms with van der Waals surface area (Å²) in [5.41, 5.74) is 6.92. The molecule has 0 aromatic carbocycles. The van der Waals surface area contributed by atoms with E-state index in [1.807, 2.05) is 5.48 Å². The summed E-state index contributed by atoms with van der Waals surface area (Å²) in [4.78, 5) is 15.2. The highest BCUT2D eigenvalue weighted by Crippen LogP contribution is 2.13. The van der Waals surface area contributed by atoms with Crippen LogP contribution >= 0.6 is 23.6 Å². The van der Waals surface area contributed by atoms with E-state index in [1.54, 1.807) is 0 Å². The van der Waals surface area contributed by atoms with Crippen LogP contribution in [0, 0.1) is 0 Å². The SMILES string of the molecule is NC1=C(C(=O)N(Cl)Cl)NON1O. The van der Waals surface area contributed by atoms with Crippen LogP contribution < -0.4 is 11.2 Å². The molecule has 9 heteroatoms. The largest absolute Gasteiger partial charge is 0.379 e. The van der Waals surface area contributed by atoms with Crippen LogP contribution in [0.5, 0.6) is 0 Å². The van der Waals surface area contributed by atoms with E-state index in [0.29, 0.717) is 0 Å². The van der Waals surface area contributed by atoms with E-state index >= 15 is 0 Å². The van der Waals surface area contributed by atoms with Crippen molar-refractivity contribution in [2.75, 3.05) is 0 Å². The van der Waals surface area contributed by atoms with E-state index in [-0.39, 0.29) is 20.7 Å². The van der Waals surface area contributed by atoms with E-state index in [2.05, 4.69) is 4.94 Å². The minimum absolute atomic E-state index is 0.171. The molecule has 7 nitrogen and oxygen atoms in total. The molecule has 0 saturated carbocycles. The summed E-state index contributed by atoms with van der Waals surface area (Å²) in [6.45, 7) is 0. The number of halogens is 2. The number of rotatable bonds is 1. The Morgan fingerprint density at radius 1 is 1.75 bits per heavy atom. The maximum Gasteiger partial charge on any atom is 0.305 e. The first kappa shape index (κ1) is 9.20. The highest BCUT2D eigenvalue weighted by atomic mass is 35.5. The van der Waals surface area contributed by atoms with Crippen molar-refractivity contribution in [1.82, 2.24) is 14.6 Å². The molecule has 1 heterocycles. The lowest BCUT2D eigenvalue weighted by Gasteiger charge is -2.03. The van der Waals surface area contributed by atoms with Gasteiger partial charge in [0.25, 0.3) is 0 Å². The van der Waals surface area contributed by atoms with Crippen LogP contribution in [0.2, 0.25) is 0 Å². The first-order valence-electron chi connectivity index (χ1n) is 2.61. The van der Waals surface area contributed by atoms with E-state index < -0.39 is 5.91 Å². The van der Waals surface area contributed by atoms with E-state index in [9.17, 15) is 4.79 Å². The number of nitrogens with zero attached hydrogens (tertiary/aromatic N) is 2. The van der Waals surface area contributed by atoms with E-state index in [1.165, 1.54) is 0 Å². The number of hydrogen-bond acceptors (Lipinski definition) is 6. The predicted octanol–water partition coefficient (Wildman–Crippen LogP) is -0.609. The van der Waals surface area contributed by atoms with Gasteiger partial charge in [-0.15, -0.1) is 4.94 Å². The fourth-order valence-electron chi connectivity index (χ4n) is 0.524. The van der Waals surface area contributed by atoms with Gasteiger partial charge in [0.05, 0.1) is 0 Å². The van der Waals surface area contributed by atoms with Gasteiger partial charge >= 0.3 is 5.91 Å². The van der Waals surface area contributed by atoms with Crippen LogP contribution in [0.1, 0.15) is 0 Å². The normalized spacial score (nSPS) is 16.4. The molecule has 0 aromatic heterocycles. The average molecular weight is 215 g/mol. The maximum atomic E-state index is 10.9. The van der Waals surface area contributed by atoms with Gasteiger partial charge < -0.3 is 5.73 Å². The van der Waals surface area contributed by atoms with Crippen LogP contribution in [0.3, 0.4) is 0 Å². The Labute approximate surface area is 76.9 Å². The van der Waals surface area contributed by atoms with E-state index in [0.717, 1.165) is 0 Å². The number of hydroxylamine groups is 3. The molecule has 12 heavy (non-hydrogen) atoms.